The van der Waals surface area contributed by atoms with Gasteiger partial charge in [0.2, 0.25) is 17.7 Å². The Hall–Kier alpha value is -7.22. The number of anilines is 2. The smallest absolute Gasteiger partial charge is 0.345 e. The van der Waals surface area contributed by atoms with Crippen molar-refractivity contribution in [2.24, 2.45) is 0 Å². The van der Waals surface area contributed by atoms with Crippen LogP contribution in [0.3, 0.4) is 0 Å². The molecule has 8 N–H and O–H groups in total. The molecule has 0 spiro atoms. The van der Waals surface area contributed by atoms with Crippen LogP contribution in [0.15, 0.2) is 74.9 Å². The molecule has 0 radical (unpaired) electrons. The summed E-state index contributed by atoms with van der Waals surface area (Å²) in [4.78, 5) is 77.1. The highest BCUT2D eigenvalue weighted by molar-refractivity contribution is 5.96. The summed E-state index contributed by atoms with van der Waals surface area (Å²) in [5, 5.41) is 37.2. The van der Waals surface area contributed by atoms with E-state index in [1.54, 1.807) is 30.5 Å². The fraction of sp³-hybridized carbons (Fsp3) is 0.350. The maximum Gasteiger partial charge on any atom is 0.345 e. The molecule has 1 atom stereocenters. The van der Waals surface area contributed by atoms with E-state index in [9.17, 15) is 34.2 Å². The van der Waals surface area contributed by atoms with Gasteiger partial charge in [-0.2, -0.15) is 9.67 Å². The Morgan fingerprint density at radius 3 is 2.55 bits per heavy atom. The minimum absolute atomic E-state index is 0.0335. The fourth-order valence-corrected chi connectivity index (χ4v) is 6.29. The molecule has 2 amide bonds. The molecule has 6 rings (SSSR count). The van der Waals surface area contributed by atoms with Gasteiger partial charge in [-0.05, 0) is 88.7 Å². The third-order valence-corrected chi connectivity index (χ3v) is 9.41. The van der Waals surface area contributed by atoms with Crippen molar-refractivity contribution in [1.82, 2.24) is 45.6 Å². The van der Waals surface area contributed by atoms with Gasteiger partial charge in [0.05, 0.1) is 41.3 Å². The van der Waals surface area contributed by atoms with Gasteiger partial charge in [-0.3, -0.25) is 19.4 Å². The first-order valence-corrected chi connectivity index (χ1v) is 19.0. The highest BCUT2D eigenvalue weighted by atomic mass is 16.5. The molecule has 20 heteroatoms. The number of carboxylic acid groups (broad SMARTS) is 1. The number of nitrogens with one attached hydrogen (secondary N) is 4. The second-order valence-corrected chi connectivity index (χ2v) is 15.4. The summed E-state index contributed by atoms with van der Waals surface area (Å²) in [5.74, 6) is -2.00. The van der Waals surface area contributed by atoms with Crippen molar-refractivity contribution in [3.63, 3.8) is 0 Å². The summed E-state index contributed by atoms with van der Waals surface area (Å²) in [6.07, 6.45) is 4.26. The van der Waals surface area contributed by atoms with Crippen molar-refractivity contribution in [1.29, 1.82) is 0 Å². The Bertz CT molecular complexity index is 2650. The summed E-state index contributed by atoms with van der Waals surface area (Å²) >= 11 is 0. The van der Waals surface area contributed by atoms with E-state index in [1.807, 2.05) is 27.7 Å². The molecule has 0 fully saturated rings. The summed E-state index contributed by atoms with van der Waals surface area (Å²) in [6.45, 7) is 8.05. The van der Waals surface area contributed by atoms with E-state index in [2.05, 4.69) is 46.2 Å². The van der Waals surface area contributed by atoms with Gasteiger partial charge in [0.25, 0.3) is 11.5 Å². The van der Waals surface area contributed by atoms with Crippen LogP contribution >= 0.6 is 0 Å². The van der Waals surface area contributed by atoms with Gasteiger partial charge in [-0.1, -0.05) is 11.3 Å². The zero-order valence-corrected chi connectivity index (χ0v) is 33.3. The second kappa shape index (κ2) is 17.7. The van der Waals surface area contributed by atoms with Crippen LogP contribution in [0.25, 0.3) is 27.8 Å². The molecule has 0 aliphatic rings. The number of aromatic hydroxyl groups is 1. The maximum atomic E-state index is 12.9. The number of carbonyl (C=O) groups excluding carboxylic acids is 2. The van der Waals surface area contributed by atoms with Crippen molar-refractivity contribution in [3.05, 3.63) is 98.6 Å². The van der Waals surface area contributed by atoms with Gasteiger partial charge < -0.3 is 41.1 Å². The normalized spacial score (nSPS) is 12.3. The van der Waals surface area contributed by atoms with Gasteiger partial charge in [-0.15, -0.1) is 5.10 Å². The van der Waals surface area contributed by atoms with Crippen molar-refractivity contribution in [3.8, 4) is 11.6 Å². The van der Waals surface area contributed by atoms with Gasteiger partial charge in [0.1, 0.15) is 11.8 Å². The molecule has 4 heterocycles. The number of hydrogen-bond acceptors (Lipinski definition) is 15. The van der Waals surface area contributed by atoms with E-state index in [1.165, 1.54) is 35.1 Å². The van der Waals surface area contributed by atoms with Crippen LogP contribution in [0.1, 0.15) is 75.1 Å². The molecule has 0 saturated heterocycles. The molecule has 0 bridgehead atoms. The molecule has 0 saturated carbocycles. The first-order chi connectivity index (χ1) is 28.4. The van der Waals surface area contributed by atoms with E-state index < -0.39 is 40.2 Å². The van der Waals surface area contributed by atoms with Crippen molar-refractivity contribution < 1.29 is 33.8 Å². The first-order valence-electron chi connectivity index (χ1n) is 19.0. The van der Waals surface area contributed by atoms with Gasteiger partial charge >= 0.3 is 11.6 Å². The standard InChI is InChI=1S/C40H45N11O9/c1-39(2,14-15-59-40(3,4)18-25-21-51(50-49-25)31-16-23-10-13-27(52)17-28(23)37(58)60-31)48-30(53)7-5-6-29(36(56)57)45-34(54)22-8-11-24(12-9-22)42-19-26-20-43-33-32(44-26)35(55)47-38(41)46-33/h8-13,16-17,20-21,29,42,52H,5-7,14-15,18-19H2,1-4H3,(H,45,54)(H,48,53)(H,56,57)(H3,41,43,46,47,55). The van der Waals surface area contributed by atoms with Crippen molar-refractivity contribution >= 4 is 51.4 Å². The minimum atomic E-state index is -1.22. The number of rotatable bonds is 18. The monoisotopic (exact) mass is 823 g/mol. The fourth-order valence-electron chi connectivity index (χ4n) is 6.29. The summed E-state index contributed by atoms with van der Waals surface area (Å²) in [6, 6.07) is 11.2. The lowest BCUT2D eigenvalue weighted by Gasteiger charge is -2.30. The predicted molar refractivity (Wildman–Crippen MR) is 219 cm³/mol. The van der Waals surface area contributed by atoms with E-state index in [0.717, 1.165) is 0 Å². The quantitative estimate of drug-likeness (QED) is 0.0655. The number of aromatic amines is 1. The zero-order valence-electron chi connectivity index (χ0n) is 33.3. The second-order valence-electron chi connectivity index (χ2n) is 15.4. The number of nitrogen functional groups attached to an aromatic ring is 1. The lowest BCUT2D eigenvalue weighted by molar-refractivity contribution is -0.139. The van der Waals surface area contributed by atoms with E-state index in [0.29, 0.717) is 41.9 Å². The number of carboxylic acids is 1. The number of ether oxygens (including phenoxy) is 1. The number of aliphatic carboxylic acids is 1. The third-order valence-electron chi connectivity index (χ3n) is 9.41. The Morgan fingerprint density at radius 1 is 1.03 bits per heavy atom. The number of amides is 2. The van der Waals surface area contributed by atoms with E-state index >= 15 is 0 Å². The topological polar surface area (TPSA) is 295 Å². The lowest BCUT2D eigenvalue weighted by atomic mass is 9.99. The number of H-pyrrole nitrogens is 1. The van der Waals surface area contributed by atoms with Crippen molar-refractivity contribution in [2.75, 3.05) is 17.7 Å². The molecular weight excluding hydrogens is 779 g/mol. The van der Waals surface area contributed by atoms with Gasteiger partial charge in [0.15, 0.2) is 11.2 Å². The molecule has 314 valence electrons. The van der Waals surface area contributed by atoms with Crippen LogP contribution in [0.4, 0.5) is 11.6 Å². The molecule has 2 aromatic carbocycles. The molecule has 4 aromatic heterocycles. The number of fused-ring (bicyclic) bond motifs is 2. The molecule has 6 aromatic rings. The minimum Gasteiger partial charge on any atom is -0.508 e. The number of carbonyl (C=O) groups is 3. The highest BCUT2D eigenvalue weighted by Crippen LogP contribution is 2.22. The van der Waals surface area contributed by atoms with E-state index in [4.69, 9.17) is 14.9 Å². The zero-order chi connectivity index (χ0) is 43.2. The van der Waals surface area contributed by atoms with E-state index in [-0.39, 0.29) is 71.4 Å². The predicted octanol–water partition coefficient (Wildman–Crippen LogP) is 2.98. The van der Waals surface area contributed by atoms with Crippen LogP contribution < -0.4 is 32.9 Å². The summed E-state index contributed by atoms with van der Waals surface area (Å²) in [5.41, 5.74) is 5.24. The van der Waals surface area contributed by atoms with Crippen LogP contribution in [-0.4, -0.2) is 86.7 Å². The SMILES string of the molecule is CC(C)(CCOC(C)(C)Cc1cn(-c2cc3ccc(O)cc3c(=O)o2)nn1)NC(=O)CCCC(NC(=O)c1ccc(NCc2cnc3nc(N)[nH]c(=O)c3n2)cc1)C(=O)O. The number of aromatic nitrogens is 7. The number of hydrogen-bond donors (Lipinski definition) is 7. The van der Waals surface area contributed by atoms with Gasteiger partial charge in [-0.25, -0.2) is 19.6 Å². The Kier molecular flexibility index (Phi) is 12.5. The van der Waals surface area contributed by atoms with Crippen LogP contribution in [-0.2, 0) is 27.3 Å². The molecule has 0 aliphatic carbocycles. The highest BCUT2D eigenvalue weighted by Gasteiger charge is 2.26. The Morgan fingerprint density at radius 2 is 1.80 bits per heavy atom. The number of phenolic OH excluding ortho intramolecular Hbond substituents is 1. The molecule has 60 heavy (non-hydrogen) atoms. The number of phenols is 1. The largest absolute Gasteiger partial charge is 0.508 e. The molecule has 0 aliphatic heterocycles. The average Bonchev–Trinajstić information content (AvgIpc) is 3.64. The number of nitrogens with zero attached hydrogens (tertiary/aromatic N) is 6. The molecule has 20 nitrogen and oxygen atoms in total. The first kappa shape index (κ1) is 42.4. The third kappa shape index (κ3) is 11.0. The van der Waals surface area contributed by atoms with Gasteiger partial charge in [0, 0.05) is 42.3 Å². The Labute approximate surface area is 341 Å². The average molecular weight is 824 g/mol. The molecular formula is C40H45N11O9. The lowest BCUT2D eigenvalue weighted by Crippen LogP contribution is -2.45. The summed E-state index contributed by atoms with van der Waals surface area (Å²) in [7, 11) is 0. The van der Waals surface area contributed by atoms with Crippen LogP contribution in [0.5, 0.6) is 5.75 Å². The number of nitrogens with two attached hydrogens (primary N) is 1. The van der Waals surface area contributed by atoms with Crippen LogP contribution in [0.2, 0.25) is 0 Å². The molecule has 1 unspecified atom stereocenters. The maximum absolute atomic E-state index is 12.9. The number of benzene rings is 2. The van der Waals surface area contributed by atoms with Crippen molar-refractivity contribution in [2.45, 2.75) is 83.5 Å². The van der Waals surface area contributed by atoms with Crippen LogP contribution in [0, 0.1) is 0 Å². The Balaban J connectivity index is 0.912. The summed E-state index contributed by atoms with van der Waals surface area (Å²) < 4.78 is 12.9.